The monoisotopic (exact) mass is 375 g/mol. The first-order valence-electron chi connectivity index (χ1n) is 8.28. The third kappa shape index (κ3) is 4.76. The summed E-state index contributed by atoms with van der Waals surface area (Å²) in [5, 5.41) is 3.02. The summed E-state index contributed by atoms with van der Waals surface area (Å²) in [5.74, 6) is -0.185. The summed E-state index contributed by atoms with van der Waals surface area (Å²) < 4.78 is 10.6. The highest BCUT2D eigenvalue weighted by atomic mass is 35.5. The van der Waals surface area contributed by atoms with Gasteiger partial charge in [-0.25, -0.2) is 4.79 Å². The van der Waals surface area contributed by atoms with Gasteiger partial charge in [0.05, 0.1) is 17.7 Å². The fourth-order valence-corrected chi connectivity index (χ4v) is 2.60. The van der Waals surface area contributed by atoms with Gasteiger partial charge in [-0.2, -0.15) is 0 Å². The summed E-state index contributed by atoms with van der Waals surface area (Å²) in [6, 6.07) is 10.5. The first-order chi connectivity index (χ1) is 12.3. The molecule has 6 heteroatoms. The molecule has 0 saturated heterocycles. The Hall–Kier alpha value is -2.53. The highest BCUT2D eigenvalue weighted by Crippen LogP contribution is 2.24. The number of methoxy groups -OCH3 is 1. The fraction of sp³-hybridized carbons (Fsp3) is 0.300. The van der Waals surface area contributed by atoms with Crippen molar-refractivity contribution in [2.24, 2.45) is 0 Å². The van der Waals surface area contributed by atoms with Crippen LogP contribution >= 0.6 is 11.6 Å². The third-order valence-electron chi connectivity index (χ3n) is 3.92. The Kier molecular flexibility index (Phi) is 6.64. The predicted molar refractivity (Wildman–Crippen MR) is 102 cm³/mol. The first kappa shape index (κ1) is 19.8. The molecule has 138 valence electrons. The van der Waals surface area contributed by atoms with Crippen molar-refractivity contribution in [2.75, 3.05) is 12.4 Å². The van der Waals surface area contributed by atoms with E-state index in [0.717, 1.165) is 11.1 Å². The summed E-state index contributed by atoms with van der Waals surface area (Å²) in [7, 11) is 1.27. The second kappa shape index (κ2) is 8.72. The number of ether oxygens (including phenoxy) is 2. The summed E-state index contributed by atoms with van der Waals surface area (Å²) in [4.78, 5) is 24.3. The van der Waals surface area contributed by atoms with Crippen LogP contribution in [0.4, 0.5) is 5.69 Å². The smallest absolute Gasteiger partial charge is 0.339 e. The molecule has 0 bridgehead atoms. The van der Waals surface area contributed by atoms with E-state index in [1.165, 1.54) is 19.2 Å². The normalized spacial score (nSPS) is 11.6. The Labute approximate surface area is 158 Å². The van der Waals surface area contributed by atoms with Crippen LogP contribution in [0.25, 0.3) is 0 Å². The number of aryl methyl sites for hydroxylation is 2. The maximum absolute atomic E-state index is 12.6. The molecule has 0 aromatic heterocycles. The molecule has 0 aliphatic rings. The van der Waals surface area contributed by atoms with Crippen molar-refractivity contribution in [2.45, 2.75) is 33.3 Å². The number of hydrogen-bond acceptors (Lipinski definition) is 4. The highest BCUT2D eigenvalue weighted by Gasteiger charge is 2.20. The molecule has 0 radical (unpaired) electrons. The van der Waals surface area contributed by atoms with Gasteiger partial charge in [0, 0.05) is 5.69 Å². The Bertz CT molecular complexity index is 819. The number of halogens is 1. The maximum Gasteiger partial charge on any atom is 0.339 e. The van der Waals surface area contributed by atoms with E-state index >= 15 is 0 Å². The molecule has 2 rings (SSSR count). The molecule has 2 aromatic rings. The number of hydrogen-bond donors (Lipinski definition) is 1. The van der Waals surface area contributed by atoms with Crippen molar-refractivity contribution in [1.82, 2.24) is 0 Å². The summed E-state index contributed by atoms with van der Waals surface area (Å²) >= 11 is 6.00. The van der Waals surface area contributed by atoms with Crippen molar-refractivity contribution in [3.05, 3.63) is 58.1 Å². The molecule has 0 aliphatic carbocycles. The fourth-order valence-electron chi connectivity index (χ4n) is 2.40. The minimum Gasteiger partial charge on any atom is -0.480 e. The third-order valence-corrected chi connectivity index (χ3v) is 4.24. The van der Waals surface area contributed by atoms with Crippen molar-refractivity contribution in [3.63, 3.8) is 0 Å². The quantitative estimate of drug-likeness (QED) is 0.753. The van der Waals surface area contributed by atoms with Gasteiger partial charge in [0.2, 0.25) is 0 Å². The molecule has 1 amide bonds. The SMILES string of the molecule is CC[C@H](Oc1cc(C)ccc1C)C(=O)Nc1ccc(Cl)c(C(=O)OC)c1. The van der Waals surface area contributed by atoms with Crippen LogP contribution < -0.4 is 10.1 Å². The first-order valence-corrected chi connectivity index (χ1v) is 8.66. The molecule has 0 saturated carbocycles. The molecule has 0 aliphatic heterocycles. The Morgan fingerprint density at radius 1 is 1.15 bits per heavy atom. The Morgan fingerprint density at radius 2 is 1.88 bits per heavy atom. The van der Waals surface area contributed by atoms with Gasteiger partial charge in [-0.3, -0.25) is 4.79 Å². The number of esters is 1. The standard InChI is InChI=1S/C20H22ClNO4/c1-5-17(26-18-10-12(2)6-7-13(18)3)19(23)22-14-8-9-16(21)15(11-14)20(24)25-4/h6-11,17H,5H2,1-4H3,(H,22,23)/t17-/m0/s1. The average Bonchev–Trinajstić information content (AvgIpc) is 2.63. The largest absolute Gasteiger partial charge is 0.480 e. The molecule has 1 N–H and O–H groups in total. The van der Waals surface area contributed by atoms with Crippen molar-refractivity contribution >= 4 is 29.2 Å². The van der Waals surface area contributed by atoms with Crippen LogP contribution in [-0.2, 0) is 9.53 Å². The van der Waals surface area contributed by atoms with E-state index in [9.17, 15) is 9.59 Å². The highest BCUT2D eigenvalue weighted by molar-refractivity contribution is 6.33. The van der Waals surface area contributed by atoms with Crippen LogP contribution in [0.2, 0.25) is 5.02 Å². The van der Waals surface area contributed by atoms with Crippen molar-refractivity contribution in [3.8, 4) is 5.75 Å². The zero-order valence-corrected chi connectivity index (χ0v) is 16.0. The topological polar surface area (TPSA) is 64.6 Å². The van der Waals surface area contributed by atoms with Gasteiger partial charge < -0.3 is 14.8 Å². The van der Waals surface area contributed by atoms with Gasteiger partial charge in [0.15, 0.2) is 6.10 Å². The molecular formula is C20H22ClNO4. The van der Waals surface area contributed by atoms with Crippen LogP contribution in [0.3, 0.4) is 0 Å². The van der Waals surface area contributed by atoms with Crippen molar-refractivity contribution < 1.29 is 19.1 Å². The Morgan fingerprint density at radius 3 is 2.54 bits per heavy atom. The van der Waals surface area contributed by atoms with Crippen LogP contribution in [0.15, 0.2) is 36.4 Å². The van der Waals surface area contributed by atoms with Crippen LogP contribution in [0, 0.1) is 13.8 Å². The lowest BCUT2D eigenvalue weighted by Crippen LogP contribution is -2.32. The zero-order valence-electron chi connectivity index (χ0n) is 15.3. The van der Waals surface area contributed by atoms with E-state index < -0.39 is 12.1 Å². The van der Waals surface area contributed by atoms with Crippen LogP contribution in [0.1, 0.15) is 34.8 Å². The second-order valence-electron chi connectivity index (χ2n) is 5.96. The van der Waals surface area contributed by atoms with E-state index in [-0.39, 0.29) is 16.5 Å². The van der Waals surface area contributed by atoms with Gasteiger partial charge in [0.25, 0.3) is 5.91 Å². The van der Waals surface area contributed by atoms with Gasteiger partial charge >= 0.3 is 5.97 Å². The summed E-state index contributed by atoms with van der Waals surface area (Å²) in [6.45, 7) is 5.77. The van der Waals surface area contributed by atoms with Gasteiger partial charge in [-0.05, 0) is 55.7 Å². The predicted octanol–water partition coefficient (Wildman–Crippen LogP) is 4.54. The molecule has 0 spiro atoms. The molecule has 1 atom stereocenters. The van der Waals surface area contributed by atoms with Gasteiger partial charge in [-0.15, -0.1) is 0 Å². The van der Waals surface area contributed by atoms with Crippen LogP contribution in [-0.4, -0.2) is 25.1 Å². The molecule has 5 nitrogen and oxygen atoms in total. The molecule has 0 heterocycles. The molecule has 26 heavy (non-hydrogen) atoms. The van der Waals surface area contributed by atoms with E-state index in [1.54, 1.807) is 6.07 Å². The number of benzene rings is 2. The molecule has 0 unspecified atom stereocenters. The lowest BCUT2D eigenvalue weighted by molar-refractivity contribution is -0.122. The Balaban J connectivity index is 2.16. The second-order valence-corrected chi connectivity index (χ2v) is 6.37. The number of nitrogens with one attached hydrogen (secondary N) is 1. The minimum atomic E-state index is -0.659. The van der Waals surface area contributed by atoms with Crippen LogP contribution in [0.5, 0.6) is 5.75 Å². The van der Waals surface area contributed by atoms with E-state index in [4.69, 9.17) is 16.3 Å². The zero-order chi connectivity index (χ0) is 19.3. The number of rotatable bonds is 6. The van der Waals surface area contributed by atoms with E-state index in [1.807, 2.05) is 39.0 Å². The lowest BCUT2D eigenvalue weighted by atomic mass is 10.1. The minimum absolute atomic E-state index is 0.190. The van der Waals surface area contributed by atoms with Gasteiger partial charge in [-0.1, -0.05) is 30.7 Å². The van der Waals surface area contributed by atoms with Crippen molar-refractivity contribution in [1.29, 1.82) is 0 Å². The number of carbonyl (C=O) groups is 2. The average molecular weight is 376 g/mol. The summed E-state index contributed by atoms with van der Waals surface area (Å²) in [6.07, 6.45) is -0.163. The molecule has 2 aromatic carbocycles. The summed E-state index contributed by atoms with van der Waals surface area (Å²) in [5.41, 5.74) is 2.65. The van der Waals surface area contributed by atoms with E-state index in [0.29, 0.717) is 17.9 Å². The number of carbonyl (C=O) groups excluding carboxylic acids is 2. The lowest BCUT2D eigenvalue weighted by Gasteiger charge is -2.19. The molecular weight excluding hydrogens is 354 g/mol. The number of anilines is 1. The van der Waals surface area contributed by atoms with E-state index in [2.05, 4.69) is 10.1 Å². The maximum atomic E-state index is 12.6. The number of amides is 1. The van der Waals surface area contributed by atoms with Gasteiger partial charge in [0.1, 0.15) is 5.75 Å². The molecule has 0 fully saturated rings.